The van der Waals surface area contributed by atoms with Crippen LogP contribution in [0.25, 0.3) is 16.8 Å². The van der Waals surface area contributed by atoms with Gasteiger partial charge in [-0.3, -0.25) is 10.1 Å². The van der Waals surface area contributed by atoms with E-state index < -0.39 is 11.7 Å². The zero-order valence-electron chi connectivity index (χ0n) is 18.8. The maximum atomic E-state index is 13.2. The Bertz CT molecular complexity index is 1530. The molecule has 12 heteroatoms. The number of hydrogen-bond donors (Lipinski definition) is 1. The van der Waals surface area contributed by atoms with Crippen molar-refractivity contribution in [3.8, 4) is 0 Å². The van der Waals surface area contributed by atoms with E-state index in [4.69, 9.17) is 4.42 Å². The van der Waals surface area contributed by atoms with Crippen LogP contribution < -0.4 is 5.32 Å². The highest BCUT2D eigenvalue weighted by atomic mass is 19.4. The Balaban J connectivity index is 1.42. The van der Waals surface area contributed by atoms with Crippen LogP contribution in [-0.2, 0) is 23.9 Å². The number of benzene rings is 1. The van der Waals surface area contributed by atoms with E-state index in [2.05, 4.69) is 25.4 Å². The summed E-state index contributed by atoms with van der Waals surface area (Å²) in [5, 5.41) is 6.90. The Kier molecular flexibility index (Phi) is 5.50. The Morgan fingerprint density at radius 3 is 2.74 bits per heavy atom. The average Bonchev–Trinajstić information content (AvgIpc) is 3.54. The van der Waals surface area contributed by atoms with Gasteiger partial charge in [0.05, 0.1) is 29.4 Å². The Morgan fingerprint density at radius 1 is 1.17 bits per heavy atom. The lowest BCUT2D eigenvalue weighted by Gasteiger charge is -2.11. The minimum atomic E-state index is -4.50. The summed E-state index contributed by atoms with van der Waals surface area (Å²) in [4.78, 5) is 25.6. The Labute approximate surface area is 196 Å². The summed E-state index contributed by atoms with van der Waals surface area (Å²) in [7, 11) is 0. The second-order valence-corrected chi connectivity index (χ2v) is 8.08. The molecule has 4 heterocycles. The van der Waals surface area contributed by atoms with Crippen LogP contribution in [0.2, 0.25) is 0 Å². The molecule has 4 aromatic heterocycles. The van der Waals surface area contributed by atoms with Crippen molar-refractivity contribution in [3.05, 3.63) is 71.2 Å². The number of halogens is 3. The van der Waals surface area contributed by atoms with E-state index in [-0.39, 0.29) is 30.3 Å². The number of furan rings is 1. The van der Waals surface area contributed by atoms with Crippen LogP contribution in [0, 0.1) is 13.8 Å². The van der Waals surface area contributed by atoms with Gasteiger partial charge in [-0.2, -0.15) is 23.3 Å². The van der Waals surface area contributed by atoms with Crippen molar-refractivity contribution in [1.82, 2.24) is 29.1 Å². The molecular weight excluding hydrogens is 463 g/mol. The molecule has 180 valence electrons. The minimum absolute atomic E-state index is 0.112. The van der Waals surface area contributed by atoms with E-state index in [9.17, 15) is 18.0 Å². The van der Waals surface area contributed by atoms with Crippen LogP contribution in [0.4, 0.5) is 19.1 Å². The molecule has 0 aliphatic rings. The van der Waals surface area contributed by atoms with Crippen molar-refractivity contribution in [2.75, 3.05) is 5.32 Å². The lowest BCUT2D eigenvalue weighted by molar-refractivity contribution is -0.137. The first-order valence-electron chi connectivity index (χ1n) is 10.8. The molecule has 5 rings (SSSR count). The van der Waals surface area contributed by atoms with Gasteiger partial charge in [0.15, 0.2) is 0 Å². The van der Waals surface area contributed by atoms with Crippen molar-refractivity contribution >= 4 is 28.7 Å². The number of hydrogen-bond acceptors (Lipinski definition) is 6. The van der Waals surface area contributed by atoms with E-state index in [1.807, 2.05) is 13.8 Å². The van der Waals surface area contributed by atoms with Gasteiger partial charge in [-0.1, -0.05) is 0 Å². The van der Waals surface area contributed by atoms with Crippen LogP contribution in [0.1, 0.15) is 34.7 Å². The number of aromatic nitrogens is 6. The number of rotatable bonds is 6. The smallest absolute Gasteiger partial charge is 0.416 e. The summed E-state index contributed by atoms with van der Waals surface area (Å²) in [6, 6.07) is 6.75. The van der Waals surface area contributed by atoms with Gasteiger partial charge >= 0.3 is 6.18 Å². The first kappa shape index (κ1) is 22.6. The molecule has 1 N–H and O–H groups in total. The second kappa shape index (κ2) is 8.53. The molecule has 0 spiro atoms. The molecule has 0 unspecified atom stereocenters. The molecule has 5 aromatic rings. The first-order valence-corrected chi connectivity index (χ1v) is 10.8. The zero-order valence-corrected chi connectivity index (χ0v) is 18.8. The largest absolute Gasteiger partial charge is 0.467 e. The van der Waals surface area contributed by atoms with Gasteiger partial charge in [0.1, 0.15) is 12.1 Å². The molecular formula is C23H20F3N7O2. The number of amides is 1. The van der Waals surface area contributed by atoms with Gasteiger partial charge in [0.2, 0.25) is 11.9 Å². The van der Waals surface area contributed by atoms with E-state index in [0.29, 0.717) is 23.5 Å². The number of carbonyl (C=O) groups is 1. The quantitative estimate of drug-likeness (QED) is 0.386. The van der Waals surface area contributed by atoms with E-state index in [1.165, 1.54) is 18.7 Å². The molecule has 35 heavy (non-hydrogen) atoms. The molecule has 0 aliphatic heterocycles. The third-order valence-corrected chi connectivity index (χ3v) is 5.81. The predicted molar refractivity (Wildman–Crippen MR) is 120 cm³/mol. The van der Waals surface area contributed by atoms with Crippen LogP contribution in [0.5, 0.6) is 0 Å². The van der Waals surface area contributed by atoms with Gasteiger partial charge in [-0.15, -0.1) is 0 Å². The molecule has 0 atom stereocenters. The number of fused-ring (bicyclic) bond motifs is 2. The fraction of sp³-hybridized carbons (Fsp3) is 0.261. The summed E-state index contributed by atoms with van der Waals surface area (Å²) in [5.41, 5.74) is 2.21. The highest BCUT2D eigenvalue weighted by Gasteiger charge is 2.31. The lowest BCUT2D eigenvalue weighted by Crippen LogP contribution is -2.17. The zero-order chi connectivity index (χ0) is 24.7. The molecule has 0 aliphatic carbocycles. The summed E-state index contributed by atoms with van der Waals surface area (Å²) in [6.07, 6.45) is -1.08. The summed E-state index contributed by atoms with van der Waals surface area (Å²) in [5.74, 6) is 0.852. The normalized spacial score (nSPS) is 12.0. The van der Waals surface area contributed by atoms with E-state index >= 15 is 0 Å². The molecule has 0 fully saturated rings. The van der Waals surface area contributed by atoms with E-state index in [0.717, 1.165) is 29.1 Å². The van der Waals surface area contributed by atoms with Crippen molar-refractivity contribution in [1.29, 1.82) is 0 Å². The maximum absolute atomic E-state index is 13.2. The van der Waals surface area contributed by atoms with Gasteiger partial charge in [-0.05, 0) is 56.2 Å². The third kappa shape index (κ3) is 4.34. The monoisotopic (exact) mass is 483 g/mol. The highest BCUT2D eigenvalue weighted by Crippen LogP contribution is 2.32. The fourth-order valence-corrected chi connectivity index (χ4v) is 4.06. The minimum Gasteiger partial charge on any atom is -0.467 e. The molecule has 0 radical (unpaired) electrons. The standard InChI is InChI=1S/C23H20F3N7O2/c1-13-17(14(2)33-21(29-13)27-12-28-33)6-8-20(34)31-22-30-18-10-15(23(24,25)26)5-7-19(18)32(22)11-16-4-3-9-35-16/h3-5,7,9-10,12H,6,8,11H2,1-2H3,(H,30,31,34). The van der Waals surface area contributed by atoms with Crippen molar-refractivity contribution in [2.45, 2.75) is 39.4 Å². The fourth-order valence-electron chi connectivity index (χ4n) is 4.06. The van der Waals surface area contributed by atoms with Gasteiger partial charge in [0.25, 0.3) is 5.78 Å². The number of nitrogens with zero attached hydrogens (tertiary/aromatic N) is 6. The van der Waals surface area contributed by atoms with Crippen molar-refractivity contribution < 1.29 is 22.4 Å². The Hall–Kier alpha value is -4.22. The van der Waals surface area contributed by atoms with Crippen molar-refractivity contribution in [2.24, 2.45) is 0 Å². The molecule has 1 aromatic carbocycles. The molecule has 0 saturated heterocycles. The summed E-state index contributed by atoms with van der Waals surface area (Å²) >= 11 is 0. The summed E-state index contributed by atoms with van der Waals surface area (Å²) < 4.78 is 48.2. The van der Waals surface area contributed by atoms with Gasteiger partial charge < -0.3 is 8.98 Å². The number of alkyl halides is 3. The molecule has 1 amide bonds. The average molecular weight is 483 g/mol. The third-order valence-electron chi connectivity index (χ3n) is 5.81. The molecule has 9 nitrogen and oxygen atoms in total. The number of nitrogens with one attached hydrogen (secondary N) is 1. The summed E-state index contributed by atoms with van der Waals surface area (Å²) in [6.45, 7) is 3.91. The van der Waals surface area contributed by atoms with Crippen LogP contribution in [0.3, 0.4) is 0 Å². The SMILES string of the molecule is Cc1nc2ncnn2c(C)c1CCC(=O)Nc1nc2cc(C(F)(F)F)ccc2n1Cc1ccco1. The molecule has 0 saturated carbocycles. The van der Waals surface area contributed by atoms with Crippen molar-refractivity contribution in [3.63, 3.8) is 0 Å². The number of imidazole rings is 1. The molecule has 0 bridgehead atoms. The Morgan fingerprint density at radius 2 is 2.00 bits per heavy atom. The first-order chi connectivity index (χ1) is 16.7. The topological polar surface area (TPSA) is 103 Å². The van der Waals surface area contributed by atoms with Crippen LogP contribution in [-0.4, -0.2) is 35.0 Å². The van der Waals surface area contributed by atoms with Gasteiger partial charge in [0, 0.05) is 17.8 Å². The second-order valence-electron chi connectivity index (χ2n) is 8.08. The highest BCUT2D eigenvalue weighted by molar-refractivity contribution is 5.91. The van der Waals surface area contributed by atoms with Crippen LogP contribution >= 0.6 is 0 Å². The maximum Gasteiger partial charge on any atom is 0.416 e. The number of anilines is 1. The lowest BCUT2D eigenvalue weighted by atomic mass is 10.1. The number of aryl methyl sites for hydroxylation is 2. The van der Waals surface area contributed by atoms with E-state index in [1.54, 1.807) is 21.2 Å². The predicted octanol–water partition coefficient (Wildman–Crippen LogP) is 4.32. The number of carbonyl (C=O) groups excluding carboxylic acids is 1. The van der Waals surface area contributed by atoms with Gasteiger partial charge in [-0.25, -0.2) is 14.5 Å². The van der Waals surface area contributed by atoms with Crippen LogP contribution in [0.15, 0.2) is 47.3 Å².